The van der Waals surface area contributed by atoms with Crippen LogP contribution in [0.25, 0.3) is 11.3 Å². The molecule has 0 radical (unpaired) electrons. The normalized spacial score (nSPS) is 10.4. The molecule has 1 heterocycles. The Morgan fingerprint density at radius 2 is 1.80 bits per heavy atom. The molecule has 0 fully saturated rings. The van der Waals surface area contributed by atoms with Gasteiger partial charge in [0.2, 0.25) is 0 Å². The van der Waals surface area contributed by atoms with Gasteiger partial charge in [-0.05, 0) is 48.0 Å². The Labute approximate surface area is 157 Å². The summed E-state index contributed by atoms with van der Waals surface area (Å²) in [5, 5.41) is 3.41. The van der Waals surface area contributed by atoms with Crippen LogP contribution < -0.4 is 10.1 Å². The molecular formula is C19H18Cl2FNO2. The Morgan fingerprint density at radius 3 is 2.48 bits per heavy atom. The molecule has 2 aromatic carbocycles. The molecule has 0 unspecified atom stereocenters. The van der Waals surface area contributed by atoms with E-state index in [1.165, 1.54) is 6.07 Å². The molecule has 0 amide bonds. The lowest BCUT2D eigenvalue weighted by Crippen LogP contribution is -2.11. The predicted octanol–water partition coefficient (Wildman–Crippen LogP) is 5.46. The minimum Gasteiger partial charge on any atom is -0.497 e. The van der Waals surface area contributed by atoms with E-state index in [1.54, 1.807) is 19.2 Å². The molecule has 0 aliphatic carbocycles. The Hall–Kier alpha value is -2.01. The number of ether oxygens (including phenoxy) is 1. The van der Waals surface area contributed by atoms with Gasteiger partial charge in [0.15, 0.2) is 0 Å². The second kappa shape index (κ2) is 8.90. The Kier molecular flexibility index (Phi) is 6.88. The minimum absolute atomic E-state index is 0. The fourth-order valence-electron chi connectivity index (χ4n) is 2.35. The maximum absolute atomic E-state index is 13.2. The second-order valence-corrected chi connectivity index (χ2v) is 5.75. The van der Waals surface area contributed by atoms with Gasteiger partial charge in [-0.1, -0.05) is 23.7 Å². The van der Waals surface area contributed by atoms with E-state index in [2.05, 4.69) is 5.32 Å². The first-order valence-electron chi connectivity index (χ1n) is 7.53. The van der Waals surface area contributed by atoms with E-state index in [9.17, 15) is 4.39 Å². The lowest BCUT2D eigenvalue weighted by atomic mass is 10.2. The fraction of sp³-hybridized carbons (Fsp3) is 0.158. The highest BCUT2D eigenvalue weighted by molar-refractivity contribution is 6.31. The Balaban J connectivity index is 0.00000225. The lowest BCUT2D eigenvalue weighted by Gasteiger charge is -2.05. The number of nitrogens with one attached hydrogen (secondary N) is 1. The van der Waals surface area contributed by atoms with Crippen molar-refractivity contribution >= 4 is 24.0 Å². The van der Waals surface area contributed by atoms with Gasteiger partial charge in [-0.15, -0.1) is 12.4 Å². The van der Waals surface area contributed by atoms with Gasteiger partial charge < -0.3 is 14.5 Å². The van der Waals surface area contributed by atoms with Gasteiger partial charge in [-0.2, -0.15) is 0 Å². The first-order chi connectivity index (χ1) is 11.7. The number of halogens is 3. The summed E-state index contributed by atoms with van der Waals surface area (Å²) in [6, 6.07) is 16.2. The summed E-state index contributed by atoms with van der Waals surface area (Å²) in [6.07, 6.45) is 0. The van der Waals surface area contributed by atoms with Crippen molar-refractivity contribution in [3.63, 3.8) is 0 Å². The van der Waals surface area contributed by atoms with Crippen LogP contribution in [0.2, 0.25) is 5.02 Å². The van der Waals surface area contributed by atoms with Crippen LogP contribution in [0, 0.1) is 5.82 Å². The molecule has 0 saturated carbocycles. The maximum atomic E-state index is 13.2. The number of furan rings is 1. The van der Waals surface area contributed by atoms with E-state index >= 15 is 0 Å². The van der Waals surface area contributed by atoms with Crippen molar-refractivity contribution in [1.82, 2.24) is 5.32 Å². The van der Waals surface area contributed by atoms with Crippen molar-refractivity contribution in [1.29, 1.82) is 0 Å². The zero-order valence-corrected chi connectivity index (χ0v) is 15.2. The van der Waals surface area contributed by atoms with Gasteiger partial charge in [0.1, 0.15) is 23.1 Å². The topological polar surface area (TPSA) is 34.4 Å². The first kappa shape index (κ1) is 19.3. The van der Waals surface area contributed by atoms with Crippen LogP contribution >= 0.6 is 24.0 Å². The zero-order valence-electron chi connectivity index (χ0n) is 13.6. The first-order valence-corrected chi connectivity index (χ1v) is 7.91. The highest BCUT2D eigenvalue weighted by atomic mass is 35.5. The minimum atomic E-state index is -0.437. The lowest BCUT2D eigenvalue weighted by molar-refractivity contribution is 0.414. The quantitative estimate of drug-likeness (QED) is 0.615. The molecule has 0 aliphatic heterocycles. The monoisotopic (exact) mass is 381 g/mol. The maximum Gasteiger partial charge on any atom is 0.141 e. The molecule has 1 aromatic heterocycles. The van der Waals surface area contributed by atoms with Crippen molar-refractivity contribution in [2.24, 2.45) is 0 Å². The highest BCUT2D eigenvalue weighted by Gasteiger charge is 2.07. The molecule has 0 bridgehead atoms. The van der Waals surface area contributed by atoms with Crippen LogP contribution in [0.5, 0.6) is 5.75 Å². The SMILES string of the molecule is COc1ccc(CNCc2ccc(-c3ccc(F)c(Cl)c3)o2)cc1.Cl. The molecular weight excluding hydrogens is 364 g/mol. The van der Waals surface area contributed by atoms with E-state index in [1.807, 2.05) is 36.4 Å². The third-order valence-electron chi connectivity index (χ3n) is 3.65. The van der Waals surface area contributed by atoms with Gasteiger partial charge >= 0.3 is 0 Å². The van der Waals surface area contributed by atoms with Crippen LogP contribution in [-0.4, -0.2) is 7.11 Å². The van der Waals surface area contributed by atoms with Gasteiger partial charge in [0.25, 0.3) is 0 Å². The van der Waals surface area contributed by atoms with Crippen LogP contribution in [0.3, 0.4) is 0 Å². The molecule has 0 atom stereocenters. The Morgan fingerprint density at radius 1 is 1.04 bits per heavy atom. The average Bonchev–Trinajstić information content (AvgIpc) is 3.07. The van der Waals surface area contributed by atoms with Gasteiger partial charge in [0, 0.05) is 12.1 Å². The summed E-state index contributed by atoms with van der Waals surface area (Å²) in [5.41, 5.74) is 1.91. The molecule has 3 rings (SSSR count). The third kappa shape index (κ3) is 4.98. The van der Waals surface area contributed by atoms with Crippen LogP contribution in [-0.2, 0) is 13.1 Å². The zero-order chi connectivity index (χ0) is 16.9. The molecule has 0 saturated heterocycles. The van der Waals surface area contributed by atoms with Crippen LogP contribution in [0.15, 0.2) is 59.0 Å². The number of hydrogen-bond donors (Lipinski definition) is 1. The fourth-order valence-corrected chi connectivity index (χ4v) is 2.53. The van der Waals surface area contributed by atoms with Crippen molar-refractivity contribution in [3.8, 4) is 17.1 Å². The van der Waals surface area contributed by atoms with E-state index in [4.69, 9.17) is 20.8 Å². The number of hydrogen-bond acceptors (Lipinski definition) is 3. The van der Waals surface area contributed by atoms with Crippen LogP contribution in [0.1, 0.15) is 11.3 Å². The van der Waals surface area contributed by atoms with Gasteiger partial charge in [-0.3, -0.25) is 0 Å². The predicted molar refractivity (Wildman–Crippen MR) is 99.9 cm³/mol. The molecule has 132 valence electrons. The average molecular weight is 382 g/mol. The van der Waals surface area contributed by atoms with E-state index in [0.29, 0.717) is 12.3 Å². The highest BCUT2D eigenvalue weighted by Crippen LogP contribution is 2.26. The van der Waals surface area contributed by atoms with E-state index < -0.39 is 5.82 Å². The van der Waals surface area contributed by atoms with Crippen molar-refractivity contribution in [3.05, 3.63) is 76.8 Å². The van der Waals surface area contributed by atoms with Crippen LogP contribution in [0.4, 0.5) is 4.39 Å². The van der Waals surface area contributed by atoms with Crippen molar-refractivity contribution in [2.45, 2.75) is 13.1 Å². The number of methoxy groups -OCH3 is 1. The van der Waals surface area contributed by atoms with Crippen molar-refractivity contribution < 1.29 is 13.5 Å². The summed E-state index contributed by atoms with van der Waals surface area (Å²) >= 11 is 5.81. The largest absolute Gasteiger partial charge is 0.497 e. The number of rotatable bonds is 6. The molecule has 0 aliphatic rings. The number of benzene rings is 2. The second-order valence-electron chi connectivity index (χ2n) is 5.35. The molecule has 3 nitrogen and oxygen atoms in total. The molecule has 6 heteroatoms. The molecule has 0 spiro atoms. The summed E-state index contributed by atoms with van der Waals surface area (Å²) < 4.78 is 24.1. The van der Waals surface area contributed by atoms with Crippen molar-refractivity contribution in [2.75, 3.05) is 7.11 Å². The molecule has 3 aromatic rings. The Bertz CT molecular complexity index is 819. The van der Waals surface area contributed by atoms with Gasteiger partial charge in [0.05, 0.1) is 18.7 Å². The van der Waals surface area contributed by atoms with E-state index in [-0.39, 0.29) is 17.4 Å². The van der Waals surface area contributed by atoms with Gasteiger partial charge in [-0.25, -0.2) is 4.39 Å². The molecule has 25 heavy (non-hydrogen) atoms. The summed E-state index contributed by atoms with van der Waals surface area (Å²) in [5.74, 6) is 1.87. The smallest absolute Gasteiger partial charge is 0.141 e. The summed E-state index contributed by atoms with van der Waals surface area (Å²) in [7, 11) is 1.65. The van der Waals surface area contributed by atoms with E-state index in [0.717, 1.165) is 29.2 Å². The summed E-state index contributed by atoms with van der Waals surface area (Å²) in [4.78, 5) is 0. The third-order valence-corrected chi connectivity index (χ3v) is 3.94. The molecule has 1 N–H and O–H groups in total. The standard InChI is InChI=1S/C19H17ClFNO2.ClH/c1-23-15-5-2-13(3-6-15)11-22-12-16-7-9-19(24-16)14-4-8-18(21)17(20)10-14;/h2-10,22H,11-12H2,1H3;1H. The summed E-state index contributed by atoms with van der Waals surface area (Å²) in [6.45, 7) is 1.32.